The van der Waals surface area contributed by atoms with Crippen molar-refractivity contribution < 1.29 is 18.0 Å². The minimum Gasteiger partial charge on any atom is -0.336 e. The zero-order valence-corrected chi connectivity index (χ0v) is 14.3. The summed E-state index contributed by atoms with van der Waals surface area (Å²) < 4.78 is 40.1. The zero-order chi connectivity index (χ0) is 18.7. The van der Waals surface area contributed by atoms with E-state index in [1.54, 1.807) is 16.9 Å². The molecule has 0 bridgehead atoms. The molecule has 1 fully saturated rings. The van der Waals surface area contributed by atoms with Crippen LogP contribution >= 0.6 is 0 Å². The number of carbonyl (C=O) groups excluding carboxylic acids is 1. The zero-order valence-electron chi connectivity index (χ0n) is 14.3. The highest BCUT2D eigenvalue weighted by Crippen LogP contribution is 2.29. The molecule has 3 rings (SSSR count). The monoisotopic (exact) mass is 367 g/mol. The topological polar surface area (TPSA) is 63.1 Å². The largest absolute Gasteiger partial charge is 0.416 e. The van der Waals surface area contributed by atoms with Gasteiger partial charge in [-0.15, -0.1) is 5.10 Å². The molecule has 0 atom stereocenters. The van der Waals surface area contributed by atoms with Crippen molar-refractivity contribution in [2.75, 3.05) is 20.1 Å². The molecule has 9 heteroatoms. The van der Waals surface area contributed by atoms with E-state index in [4.69, 9.17) is 0 Å². The molecule has 1 aromatic carbocycles. The summed E-state index contributed by atoms with van der Waals surface area (Å²) in [5.41, 5.74) is -0.132. The van der Waals surface area contributed by atoms with E-state index in [1.807, 2.05) is 0 Å². The summed E-state index contributed by atoms with van der Waals surface area (Å²) in [6.45, 7) is 1.84. The summed E-state index contributed by atoms with van der Waals surface area (Å²) in [6.07, 6.45) is -0.967. The van der Waals surface area contributed by atoms with Gasteiger partial charge in [0.05, 0.1) is 17.8 Å². The molecule has 6 nitrogen and oxygen atoms in total. The van der Waals surface area contributed by atoms with Gasteiger partial charge < -0.3 is 10.2 Å². The van der Waals surface area contributed by atoms with Crippen molar-refractivity contribution in [3.63, 3.8) is 0 Å². The van der Waals surface area contributed by atoms with Crippen LogP contribution in [0.1, 0.15) is 40.5 Å². The molecule has 1 aliphatic heterocycles. The minimum atomic E-state index is -4.41. The number of piperidine rings is 1. The number of amides is 1. The maximum absolute atomic E-state index is 12.8. The molecule has 26 heavy (non-hydrogen) atoms. The van der Waals surface area contributed by atoms with E-state index in [2.05, 4.69) is 15.6 Å². The van der Waals surface area contributed by atoms with Gasteiger partial charge in [-0.2, -0.15) is 13.2 Å². The lowest BCUT2D eigenvalue weighted by molar-refractivity contribution is -0.137. The average Bonchev–Trinajstić information content (AvgIpc) is 3.11. The van der Waals surface area contributed by atoms with Crippen molar-refractivity contribution in [1.29, 1.82) is 0 Å². The van der Waals surface area contributed by atoms with Crippen LogP contribution < -0.4 is 5.32 Å². The number of hydrogen-bond acceptors (Lipinski definition) is 4. The molecule has 140 valence electrons. The van der Waals surface area contributed by atoms with Gasteiger partial charge in [0.25, 0.3) is 5.91 Å². The smallest absolute Gasteiger partial charge is 0.336 e. The Morgan fingerprint density at radius 1 is 1.35 bits per heavy atom. The third kappa shape index (κ3) is 4.21. The van der Waals surface area contributed by atoms with Crippen LogP contribution in [0, 0.1) is 0 Å². The molecule has 0 radical (unpaired) electrons. The molecule has 0 saturated carbocycles. The fraction of sp³-hybridized carbons (Fsp3) is 0.471. The minimum absolute atomic E-state index is 0.0585. The number of halogens is 3. The summed E-state index contributed by atoms with van der Waals surface area (Å²) in [5.74, 6) is -0.373. The van der Waals surface area contributed by atoms with E-state index < -0.39 is 11.7 Å². The lowest BCUT2D eigenvalue weighted by Gasteiger charge is -2.22. The second kappa shape index (κ2) is 7.45. The van der Waals surface area contributed by atoms with Crippen molar-refractivity contribution in [1.82, 2.24) is 25.2 Å². The summed E-state index contributed by atoms with van der Waals surface area (Å²) in [4.78, 5) is 13.8. The molecule has 0 spiro atoms. The molecular formula is C17H20F3N5O. The number of alkyl halides is 3. The Balaban J connectivity index is 1.67. The lowest BCUT2D eigenvalue weighted by atomic mass is 10.1. The van der Waals surface area contributed by atoms with Crippen molar-refractivity contribution in [2.45, 2.75) is 31.6 Å². The molecule has 0 unspecified atom stereocenters. The first-order chi connectivity index (χ1) is 12.3. The van der Waals surface area contributed by atoms with E-state index >= 15 is 0 Å². The maximum atomic E-state index is 12.8. The van der Waals surface area contributed by atoms with E-state index in [0.717, 1.165) is 38.1 Å². The second-order valence-electron chi connectivity index (χ2n) is 6.42. The van der Waals surface area contributed by atoms with Gasteiger partial charge in [0.1, 0.15) is 0 Å². The summed E-state index contributed by atoms with van der Waals surface area (Å²) in [6, 6.07) is 5.17. The quantitative estimate of drug-likeness (QED) is 0.902. The molecule has 2 heterocycles. The summed E-state index contributed by atoms with van der Waals surface area (Å²) in [5, 5.41) is 11.2. The van der Waals surface area contributed by atoms with E-state index in [9.17, 15) is 18.0 Å². The fourth-order valence-electron chi connectivity index (χ4n) is 3.01. The number of carbonyl (C=O) groups is 1. The van der Waals surface area contributed by atoms with Gasteiger partial charge in [0.15, 0.2) is 5.69 Å². The van der Waals surface area contributed by atoms with Crippen molar-refractivity contribution in [2.24, 2.45) is 0 Å². The molecule has 1 N–H and O–H groups in total. The van der Waals surface area contributed by atoms with Crippen LogP contribution in [0.4, 0.5) is 13.2 Å². The van der Waals surface area contributed by atoms with Gasteiger partial charge in [-0.1, -0.05) is 17.3 Å². The number of nitrogens with zero attached hydrogens (tertiary/aromatic N) is 4. The lowest BCUT2D eigenvalue weighted by Crippen LogP contribution is -2.29. The molecule has 0 aliphatic carbocycles. The number of aromatic nitrogens is 3. The molecule has 2 aromatic rings. The van der Waals surface area contributed by atoms with Gasteiger partial charge in [0.2, 0.25) is 0 Å². The molecule has 1 aromatic heterocycles. The Bertz CT molecular complexity index is 768. The van der Waals surface area contributed by atoms with Gasteiger partial charge in [0, 0.05) is 13.6 Å². The average molecular weight is 367 g/mol. The Morgan fingerprint density at radius 2 is 2.08 bits per heavy atom. The van der Waals surface area contributed by atoms with E-state index in [0.29, 0.717) is 5.56 Å². The Morgan fingerprint density at radius 3 is 2.77 bits per heavy atom. The molecular weight excluding hydrogens is 347 g/mol. The SMILES string of the molecule is CN(Cc1cccc(C(F)(F)F)c1)C(=O)c1cn(C2CCNCC2)nn1. The standard InChI is InChI=1S/C17H20F3N5O/c1-24(10-12-3-2-4-13(9-12)17(18,19)20)16(26)15-11-25(23-22-15)14-5-7-21-8-6-14/h2-4,9,11,14,21H,5-8,10H2,1H3. The van der Waals surface area contributed by atoms with Gasteiger partial charge in [-0.25, -0.2) is 4.68 Å². The fourth-order valence-corrected chi connectivity index (χ4v) is 3.01. The number of rotatable bonds is 4. The van der Waals surface area contributed by atoms with Gasteiger partial charge in [-0.05, 0) is 43.6 Å². The van der Waals surface area contributed by atoms with E-state index in [1.165, 1.54) is 18.0 Å². The van der Waals surface area contributed by atoms with Gasteiger partial charge >= 0.3 is 6.18 Å². The normalized spacial score (nSPS) is 15.8. The van der Waals surface area contributed by atoms with Crippen LogP contribution in [0.3, 0.4) is 0 Å². The van der Waals surface area contributed by atoms with Crippen LogP contribution in [-0.4, -0.2) is 45.9 Å². The third-order valence-electron chi connectivity index (χ3n) is 4.43. The van der Waals surface area contributed by atoms with Crippen LogP contribution in [0.2, 0.25) is 0 Å². The van der Waals surface area contributed by atoms with Crippen LogP contribution in [0.15, 0.2) is 30.5 Å². The first kappa shape index (κ1) is 18.4. The number of hydrogen-bond donors (Lipinski definition) is 1. The van der Waals surface area contributed by atoms with Crippen molar-refractivity contribution >= 4 is 5.91 Å². The predicted molar refractivity (Wildman–Crippen MR) is 88.4 cm³/mol. The van der Waals surface area contributed by atoms with Crippen molar-refractivity contribution in [3.05, 3.63) is 47.3 Å². The predicted octanol–water partition coefficient (Wildman–Crippen LogP) is 2.49. The van der Waals surface area contributed by atoms with Crippen LogP contribution in [0.5, 0.6) is 0 Å². The van der Waals surface area contributed by atoms with Crippen LogP contribution in [-0.2, 0) is 12.7 Å². The second-order valence-corrected chi connectivity index (χ2v) is 6.42. The highest BCUT2D eigenvalue weighted by atomic mass is 19.4. The third-order valence-corrected chi connectivity index (χ3v) is 4.43. The Labute approximate surface area is 149 Å². The van der Waals surface area contributed by atoms with E-state index in [-0.39, 0.29) is 24.2 Å². The molecule has 1 amide bonds. The Hall–Kier alpha value is -2.42. The maximum Gasteiger partial charge on any atom is 0.416 e. The molecule has 1 aliphatic rings. The Kier molecular flexibility index (Phi) is 5.26. The van der Waals surface area contributed by atoms with Gasteiger partial charge in [-0.3, -0.25) is 4.79 Å². The van der Waals surface area contributed by atoms with Crippen LogP contribution in [0.25, 0.3) is 0 Å². The highest BCUT2D eigenvalue weighted by molar-refractivity contribution is 5.91. The number of nitrogens with one attached hydrogen (secondary N) is 1. The summed E-state index contributed by atoms with van der Waals surface area (Å²) >= 11 is 0. The highest BCUT2D eigenvalue weighted by Gasteiger charge is 2.30. The first-order valence-corrected chi connectivity index (χ1v) is 8.39. The van der Waals surface area contributed by atoms with Crippen molar-refractivity contribution in [3.8, 4) is 0 Å². The molecule has 1 saturated heterocycles. The first-order valence-electron chi connectivity index (χ1n) is 8.39. The summed E-state index contributed by atoms with van der Waals surface area (Å²) in [7, 11) is 1.53. The number of benzene rings is 1.